The van der Waals surface area contributed by atoms with Crippen LogP contribution in [-0.4, -0.2) is 22.9 Å². The second-order valence-corrected chi connectivity index (χ2v) is 7.28. The molecule has 4 aromatic rings. The third kappa shape index (κ3) is 4.13. The molecule has 3 aromatic carbocycles. The molecule has 0 bridgehead atoms. The van der Waals surface area contributed by atoms with E-state index >= 15 is 0 Å². The van der Waals surface area contributed by atoms with E-state index in [9.17, 15) is 9.59 Å². The lowest BCUT2D eigenvalue weighted by Crippen LogP contribution is -2.31. The second kappa shape index (κ2) is 8.98. The minimum absolute atomic E-state index is 0.0605. The van der Waals surface area contributed by atoms with Gasteiger partial charge in [-0.1, -0.05) is 90.5 Å². The SMILES string of the molecule is COC(=O)c1c(-c2ccccc2)c(-c2ccccc2)nn(Cc2ccccc2Cl)c1=O. The maximum Gasteiger partial charge on any atom is 0.344 e. The molecule has 0 radical (unpaired) electrons. The number of halogens is 1. The topological polar surface area (TPSA) is 61.2 Å². The monoisotopic (exact) mass is 430 g/mol. The molecule has 0 aliphatic carbocycles. The fourth-order valence-corrected chi connectivity index (χ4v) is 3.64. The summed E-state index contributed by atoms with van der Waals surface area (Å²) in [6.07, 6.45) is 0. The molecule has 1 aromatic heterocycles. The summed E-state index contributed by atoms with van der Waals surface area (Å²) in [6, 6.07) is 25.9. The van der Waals surface area contributed by atoms with Crippen LogP contribution in [0.1, 0.15) is 15.9 Å². The summed E-state index contributed by atoms with van der Waals surface area (Å²) >= 11 is 6.31. The Labute approximate surface area is 184 Å². The van der Waals surface area contributed by atoms with E-state index < -0.39 is 11.5 Å². The zero-order chi connectivity index (χ0) is 21.8. The van der Waals surface area contributed by atoms with Crippen molar-refractivity contribution in [3.8, 4) is 22.4 Å². The van der Waals surface area contributed by atoms with Gasteiger partial charge in [0.1, 0.15) is 5.56 Å². The molecule has 0 amide bonds. The fraction of sp³-hybridized carbons (Fsp3) is 0.0800. The van der Waals surface area contributed by atoms with Gasteiger partial charge < -0.3 is 4.74 Å². The Hall–Kier alpha value is -3.70. The predicted octanol–water partition coefficient (Wildman–Crippen LogP) is 5.07. The highest BCUT2D eigenvalue weighted by Crippen LogP contribution is 2.32. The molecule has 0 atom stereocenters. The summed E-state index contributed by atoms with van der Waals surface area (Å²) < 4.78 is 6.26. The van der Waals surface area contributed by atoms with E-state index in [1.54, 1.807) is 6.07 Å². The molecular weight excluding hydrogens is 412 g/mol. The standard InChI is InChI=1S/C25H19ClN2O3/c1-31-25(30)22-21(17-10-4-2-5-11-17)23(18-12-6-3-7-13-18)27-28(24(22)29)16-19-14-8-9-15-20(19)26/h2-15H,16H2,1H3. The first-order chi connectivity index (χ1) is 15.1. The first-order valence-electron chi connectivity index (χ1n) is 9.68. The van der Waals surface area contributed by atoms with E-state index in [4.69, 9.17) is 16.3 Å². The third-order valence-electron chi connectivity index (χ3n) is 4.93. The Bertz CT molecular complexity index is 1290. The minimum atomic E-state index is -0.712. The normalized spacial score (nSPS) is 10.6. The number of aromatic nitrogens is 2. The fourth-order valence-electron chi connectivity index (χ4n) is 3.44. The van der Waals surface area contributed by atoms with Gasteiger partial charge >= 0.3 is 5.97 Å². The van der Waals surface area contributed by atoms with Crippen molar-refractivity contribution >= 4 is 17.6 Å². The molecule has 4 rings (SSSR count). The minimum Gasteiger partial charge on any atom is -0.465 e. The first kappa shape index (κ1) is 20.6. The Balaban J connectivity index is 2.05. The molecule has 0 fully saturated rings. The van der Waals surface area contributed by atoms with Gasteiger partial charge in [-0.25, -0.2) is 9.48 Å². The van der Waals surface area contributed by atoms with Gasteiger partial charge in [-0.05, 0) is 17.2 Å². The average Bonchev–Trinajstić information content (AvgIpc) is 2.82. The molecule has 0 saturated carbocycles. The van der Waals surface area contributed by atoms with Crippen LogP contribution in [0.5, 0.6) is 0 Å². The molecule has 0 spiro atoms. The van der Waals surface area contributed by atoms with Gasteiger partial charge in [-0.3, -0.25) is 4.79 Å². The van der Waals surface area contributed by atoms with Gasteiger partial charge in [0.15, 0.2) is 0 Å². The van der Waals surface area contributed by atoms with E-state index in [2.05, 4.69) is 5.10 Å². The average molecular weight is 431 g/mol. The largest absolute Gasteiger partial charge is 0.465 e. The number of rotatable bonds is 5. The summed E-state index contributed by atoms with van der Waals surface area (Å²) in [7, 11) is 1.26. The zero-order valence-electron chi connectivity index (χ0n) is 16.8. The van der Waals surface area contributed by atoms with E-state index in [-0.39, 0.29) is 12.1 Å². The maximum atomic E-state index is 13.4. The molecule has 31 heavy (non-hydrogen) atoms. The number of ether oxygens (including phenoxy) is 1. The van der Waals surface area contributed by atoms with Crippen molar-refractivity contribution in [3.63, 3.8) is 0 Å². The van der Waals surface area contributed by atoms with Crippen molar-refractivity contribution in [2.24, 2.45) is 0 Å². The van der Waals surface area contributed by atoms with Gasteiger partial charge in [0, 0.05) is 16.1 Å². The van der Waals surface area contributed by atoms with Crippen LogP contribution in [-0.2, 0) is 11.3 Å². The Morgan fingerprint density at radius 2 is 1.48 bits per heavy atom. The quantitative estimate of drug-likeness (QED) is 0.415. The predicted molar refractivity (Wildman–Crippen MR) is 121 cm³/mol. The molecule has 5 nitrogen and oxygen atoms in total. The maximum absolute atomic E-state index is 13.4. The highest BCUT2D eigenvalue weighted by molar-refractivity contribution is 6.31. The van der Waals surface area contributed by atoms with Crippen LogP contribution in [0.2, 0.25) is 5.02 Å². The number of esters is 1. The molecule has 154 valence electrons. The van der Waals surface area contributed by atoms with Gasteiger partial charge in [0.2, 0.25) is 0 Å². The number of benzene rings is 3. The van der Waals surface area contributed by atoms with Crippen LogP contribution < -0.4 is 5.56 Å². The smallest absolute Gasteiger partial charge is 0.344 e. The number of methoxy groups -OCH3 is 1. The van der Waals surface area contributed by atoms with Crippen molar-refractivity contribution in [2.75, 3.05) is 7.11 Å². The van der Waals surface area contributed by atoms with Crippen molar-refractivity contribution in [3.05, 3.63) is 111 Å². The second-order valence-electron chi connectivity index (χ2n) is 6.88. The Kier molecular flexibility index (Phi) is 5.96. The molecule has 0 N–H and O–H groups in total. The number of hydrogen-bond donors (Lipinski definition) is 0. The molecule has 0 unspecified atom stereocenters. The molecule has 0 saturated heterocycles. The van der Waals surface area contributed by atoms with Crippen molar-refractivity contribution < 1.29 is 9.53 Å². The van der Waals surface area contributed by atoms with E-state index in [1.807, 2.05) is 78.9 Å². The van der Waals surface area contributed by atoms with E-state index in [0.717, 1.165) is 11.1 Å². The van der Waals surface area contributed by atoms with Crippen LogP contribution in [0.3, 0.4) is 0 Å². The number of carbonyl (C=O) groups is 1. The highest BCUT2D eigenvalue weighted by atomic mass is 35.5. The lowest BCUT2D eigenvalue weighted by molar-refractivity contribution is 0.0598. The van der Waals surface area contributed by atoms with Crippen molar-refractivity contribution in [1.82, 2.24) is 9.78 Å². The molecule has 0 aliphatic heterocycles. The third-order valence-corrected chi connectivity index (χ3v) is 5.30. The molecule has 0 aliphatic rings. The summed E-state index contributed by atoms with van der Waals surface area (Å²) in [5, 5.41) is 5.19. The lowest BCUT2D eigenvalue weighted by atomic mass is 9.95. The summed E-state index contributed by atoms with van der Waals surface area (Å²) in [5.74, 6) is -0.712. The van der Waals surface area contributed by atoms with E-state index in [0.29, 0.717) is 21.8 Å². The Morgan fingerprint density at radius 3 is 2.10 bits per heavy atom. The zero-order valence-corrected chi connectivity index (χ0v) is 17.5. The number of hydrogen-bond acceptors (Lipinski definition) is 4. The molecular formula is C25H19ClN2O3. The molecule has 1 heterocycles. The summed E-state index contributed by atoms with van der Waals surface area (Å²) in [5.41, 5.74) is 2.56. The first-order valence-corrected chi connectivity index (χ1v) is 10.1. The van der Waals surface area contributed by atoms with Gasteiger partial charge in [-0.15, -0.1) is 0 Å². The van der Waals surface area contributed by atoms with E-state index in [1.165, 1.54) is 11.8 Å². The Morgan fingerprint density at radius 1 is 0.903 bits per heavy atom. The van der Waals surface area contributed by atoms with Crippen LogP contribution in [0, 0.1) is 0 Å². The van der Waals surface area contributed by atoms with Crippen LogP contribution in [0.25, 0.3) is 22.4 Å². The van der Waals surface area contributed by atoms with Crippen molar-refractivity contribution in [2.45, 2.75) is 6.54 Å². The van der Waals surface area contributed by atoms with Gasteiger partial charge in [0.05, 0.1) is 19.3 Å². The number of nitrogens with zero attached hydrogens (tertiary/aromatic N) is 2. The van der Waals surface area contributed by atoms with Crippen LogP contribution in [0.15, 0.2) is 89.7 Å². The highest BCUT2D eigenvalue weighted by Gasteiger charge is 2.26. The number of carbonyl (C=O) groups excluding carboxylic acids is 1. The van der Waals surface area contributed by atoms with Crippen molar-refractivity contribution in [1.29, 1.82) is 0 Å². The van der Waals surface area contributed by atoms with Gasteiger partial charge in [-0.2, -0.15) is 5.10 Å². The summed E-state index contributed by atoms with van der Waals surface area (Å²) in [6.45, 7) is 0.122. The lowest BCUT2D eigenvalue weighted by Gasteiger charge is -2.17. The van der Waals surface area contributed by atoms with Crippen LogP contribution in [0.4, 0.5) is 0 Å². The van der Waals surface area contributed by atoms with Gasteiger partial charge in [0.25, 0.3) is 5.56 Å². The summed E-state index contributed by atoms with van der Waals surface area (Å²) in [4.78, 5) is 26.2. The molecule has 6 heteroatoms. The van der Waals surface area contributed by atoms with Crippen LogP contribution >= 0.6 is 11.6 Å².